The van der Waals surface area contributed by atoms with Crippen LogP contribution in [0.15, 0.2) is 0 Å². The Labute approximate surface area is 128 Å². The van der Waals surface area contributed by atoms with E-state index in [-0.39, 0.29) is 11.6 Å². The summed E-state index contributed by atoms with van der Waals surface area (Å²) in [7, 11) is 2.86. The maximum atomic E-state index is 12.1. The Morgan fingerprint density at radius 3 is 2.76 bits per heavy atom. The second kappa shape index (κ2) is 6.34. The zero-order valence-electron chi connectivity index (χ0n) is 12.6. The Balaban J connectivity index is 2.47. The first kappa shape index (κ1) is 15.6. The lowest BCUT2D eigenvalue weighted by Gasteiger charge is -2.32. The van der Waals surface area contributed by atoms with Gasteiger partial charge in [-0.05, 0) is 18.8 Å². The number of esters is 1. The molecule has 0 bridgehead atoms. The van der Waals surface area contributed by atoms with Crippen LogP contribution in [0, 0.1) is 5.92 Å². The van der Waals surface area contributed by atoms with Crippen molar-refractivity contribution in [2.75, 3.05) is 37.9 Å². The van der Waals surface area contributed by atoms with Crippen molar-refractivity contribution >= 4 is 33.9 Å². The van der Waals surface area contributed by atoms with E-state index in [1.165, 1.54) is 24.9 Å². The van der Waals surface area contributed by atoms with Crippen molar-refractivity contribution < 1.29 is 14.3 Å². The molecule has 0 radical (unpaired) electrons. The lowest BCUT2D eigenvalue weighted by atomic mass is 10.0. The van der Waals surface area contributed by atoms with Crippen LogP contribution < -0.4 is 16.0 Å². The number of hydrogen-bond acceptors (Lipinski definition) is 6. The third kappa shape index (κ3) is 2.97. The lowest BCUT2D eigenvalue weighted by molar-refractivity contribution is 0.0607. The Morgan fingerprint density at radius 2 is 2.19 bits per heavy atom. The number of carbonyl (C=O) groups is 2. The van der Waals surface area contributed by atoms with E-state index in [0.29, 0.717) is 16.4 Å². The molecule has 3 N–H and O–H groups in total. The van der Waals surface area contributed by atoms with Gasteiger partial charge in [-0.25, -0.2) is 4.79 Å². The summed E-state index contributed by atoms with van der Waals surface area (Å²) in [6, 6.07) is 0. The summed E-state index contributed by atoms with van der Waals surface area (Å²) in [6.45, 7) is 3.92. The van der Waals surface area contributed by atoms with Crippen LogP contribution in [0.1, 0.15) is 39.8 Å². The Morgan fingerprint density at radius 1 is 1.48 bits per heavy atom. The van der Waals surface area contributed by atoms with E-state index in [2.05, 4.69) is 17.1 Å². The molecular weight excluding hydrogens is 290 g/mol. The zero-order valence-corrected chi connectivity index (χ0v) is 13.4. The SMILES string of the molecule is CNC(=O)c1c(N2CCCC(C)C2)sc(C(=O)OC)c1N. The fraction of sp³-hybridized carbons (Fsp3) is 0.571. The van der Waals surface area contributed by atoms with E-state index in [9.17, 15) is 9.59 Å². The summed E-state index contributed by atoms with van der Waals surface area (Å²) in [5, 5.41) is 3.35. The number of methoxy groups -OCH3 is 1. The number of amides is 1. The van der Waals surface area contributed by atoms with Crippen molar-refractivity contribution in [3.8, 4) is 0 Å². The molecule has 1 unspecified atom stereocenters. The number of nitrogen functional groups attached to an aromatic ring is 1. The Hall–Kier alpha value is -1.76. The maximum absolute atomic E-state index is 12.1. The van der Waals surface area contributed by atoms with Crippen molar-refractivity contribution in [2.45, 2.75) is 19.8 Å². The third-order valence-corrected chi connectivity index (χ3v) is 4.94. The minimum absolute atomic E-state index is 0.208. The number of nitrogens with zero attached hydrogens (tertiary/aromatic N) is 1. The van der Waals surface area contributed by atoms with Gasteiger partial charge in [-0.3, -0.25) is 4.79 Å². The molecule has 2 rings (SSSR count). The molecule has 1 fully saturated rings. The lowest BCUT2D eigenvalue weighted by Crippen LogP contribution is -2.35. The van der Waals surface area contributed by atoms with Crippen LogP contribution in [-0.4, -0.2) is 39.1 Å². The third-order valence-electron chi connectivity index (χ3n) is 3.70. The van der Waals surface area contributed by atoms with Crippen LogP contribution in [0.25, 0.3) is 0 Å². The standard InChI is InChI=1S/C14H21N3O3S/c1-8-5-4-6-17(7-8)13-9(12(18)16-2)10(15)11(21-13)14(19)20-3/h8H,4-7,15H2,1-3H3,(H,16,18). The first-order valence-electron chi connectivity index (χ1n) is 6.97. The van der Waals surface area contributed by atoms with Gasteiger partial charge in [-0.15, -0.1) is 11.3 Å². The summed E-state index contributed by atoms with van der Waals surface area (Å²) in [5.41, 5.74) is 6.61. The molecule has 2 heterocycles. The van der Waals surface area contributed by atoms with Crippen LogP contribution in [-0.2, 0) is 4.74 Å². The van der Waals surface area contributed by atoms with E-state index in [1.807, 2.05) is 0 Å². The van der Waals surface area contributed by atoms with Crippen LogP contribution >= 0.6 is 11.3 Å². The average molecular weight is 311 g/mol. The summed E-state index contributed by atoms with van der Waals surface area (Å²) < 4.78 is 4.75. The highest BCUT2D eigenvalue weighted by Gasteiger charge is 2.30. The molecule has 1 aromatic heterocycles. The minimum Gasteiger partial charge on any atom is -0.465 e. The number of hydrogen-bond donors (Lipinski definition) is 2. The first-order chi connectivity index (χ1) is 9.99. The van der Waals surface area contributed by atoms with Crippen molar-refractivity contribution in [1.29, 1.82) is 0 Å². The largest absolute Gasteiger partial charge is 0.465 e. The number of rotatable bonds is 3. The summed E-state index contributed by atoms with van der Waals surface area (Å²) >= 11 is 1.24. The molecule has 7 heteroatoms. The summed E-state index contributed by atoms with van der Waals surface area (Å²) in [5.74, 6) is -0.215. The van der Waals surface area contributed by atoms with E-state index < -0.39 is 5.97 Å². The molecule has 6 nitrogen and oxygen atoms in total. The Bertz CT molecular complexity index is 556. The van der Waals surface area contributed by atoms with Crippen molar-refractivity contribution in [2.24, 2.45) is 5.92 Å². The molecule has 0 aromatic carbocycles. The quantitative estimate of drug-likeness (QED) is 0.830. The predicted octanol–water partition coefficient (Wildman–Crippen LogP) is 1.71. The van der Waals surface area contributed by atoms with Gasteiger partial charge in [0.2, 0.25) is 0 Å². The second-order valence-electron chi connectivity index (χ2n) is 5.29. The fourth-order valence-corrected chi connectivity index (χ4v) is 3.79. The van der Waals surface area contributed by atoms with Gasteiger partial charge in [0.15, 0.2) is 0 Å². The van der Waals surface area contributed by atoms with Crippen LogP contribution in [0.2, 0.25) is 0 Å². The number of piperidine rings is 1. The molecule has 116 valence electrons. The van der Waals surface area contributed by atoms with Gasteiger partial charge in [0.1, 0.15) is 9.88 Å². The van der Waals surface area contributed by atoms with E-state index in [1.54, 1.807) is 7.05 Å². The van der Waals surface area contributed by atoms with Gasteiger partial charge < -0.3 is 20.7 Å². The van der Waals surface area contributed by atoms with Gasteiger partial charge >= 0.3 is 5.97 Å². The van der Waals surface area contributed by atoms with E-state index in [0.717, 1.165) is 24.5 Å². The molecular formula is C14H21N3O3S. The minimum atomic E-state index is -0.501. The average Bonchev–Trinajstić information content (AvgIpc) is 2.83. The highest BCUT2D eigenvalue weighted by molar-refractivity contribution is 7.19. The molecule has 1 aromatic rings. The van der Waals surface area contributed by atoms with Crippen LogP contribution in [0.3, 0.4) is 0 Å². The van der Waals surface area contributed by atoms with Crippen molar-refractivity contribution in [1.82, 2.24) is 5.32 Å². The smallest absolute Gasteiger partial charge is 0.350 e. The normalized spacial score (nSPS) is 18.4. The maximum Gasteiger partial charge on any atom is 0.350 e. The highest BCUT2D eigenvalue weighted by Crippen LogP contribution is 2.40. The van der Waals surface area contributed by atoms with Gasteiger partial charge in [0, 0.05) is 20.1 Å². The molecule has 1 atom stereocenters. The second-order valence-corrected chi connectivity index (χ2v) is 6.29. The molecule has 1 aliphatic heterocycles. The topological polar surface area (TPSA) is 84.7 Å². The molecule has 1 saturated heterocycles. The van der Waals surface area contributed by atoms with Gasteiger partial charge in [0.05, 0.1) is 18.4 Å². The number of ether oxygens (including phenoxy) is 1. The number of carbonyl (C=O) groups excluding carboxylic acids is 2. The number of nitrogens with two attached hydrogens (primary N) is 1. The summed E-state index contributed by atoms with van der Waals surface area (Å²) in [4.78, 5) is 26.4. The number of thiophene rings is 1. The zero-order chi connectivity index (χ0) is 15.6. The molecule has 1 amide bonds. The molecule has 0 saturated carbocycles. The van der Waals surface area contributed by atoms with Gasteiger partial charge in [-0.2, -0.15) is 0 Å². The fourth-order valence-electron chi connectivity index (χ4n) is 2.62. The summed E-state index contributed by atoms with van der Waals surface area (Å²) in [6.07, 6.45) is 2.25. The number of nitrogens with one attached hydrogen (secondary N) is 1. The van der Waals surface area contributed by atoms with Gasteiger partial charge in [-0.1, -0.05) is 6.92 Å². The van der Waals surface area contributed by atoms with Crippen LogP contribution in [0.4, 0.5) is 10.7 Å². The predicted molar refractivity (Wildman–Crippen MR) is 84.1 cm³/mol. The number of anilines is 2. The molecule has 0 spiro atoms. The monoisotopic (exact) mass is 311 g/mol. The van der Waals surface area contributed by atoms with Crippen LogP contribution in [0.5, 0.6) is 0 Å². The molecule has 0 aliphatic carbocycles. The molecule has 21 heavy (non-hydrogen) atoms. The molecule has 1 aliphatic rings. The van der Waals surface area contributed by atoms with Crippen molar-refractivity contribution in [3.05, 3.63) is 10.4 Å². The van der Waals surface area contributed by atoms with Gasteiger partial charge in [0.25, 0.3) is 5.91 Å². The highest BCUT2D eigenvalue weighted by atomic mass is 32.1. The van der Waals surface area contributed by atoms with E-state index in [4.69, 9.17) is 10.5 Å². The van der Waals surface area contributed by atoms with E-state index >= 15 is 0 Å². The first-order valence-corrected chi connectivity index (χ1v) is 7.78. The van der Waals surface area contributed by atoms with Crippen molar-refractivity contribution in [3.63, 3.8) is 0 Å². The Kier molecular flexibility index (Phi) is 4.72.